The highest BCUT2D eigenvalue weighted by atomic mass is 16.5. The van der Waals surface area contributed by atoms with Gasteiger partial charge in [0.25, 0.3) is 0 Å². The Balaban J connectivity index is 0.00000100. The van der Waals surface area contributed by atoms with E-state index in [-0.39, 0.29) is 5.41 Å². The number of hydrogen-bond donors (Lipinski definition) is 2. The first kappa shape index (κ1) is 19.1. The fraction of sp³-hybridized carbons (Fsp3) is 0.714. The Labute approximate surface area is 147 Å². The molecule has 2 N–H and O–H groups in total. The van der Waals surface area contributed by atoms with Gasteiger partial charge in [0.05, 0.1) is 7.11 Å². The Kier molecular flexibility index (Phi) is 5.85. The molecular formula is C21H34O3. The van der Waals surface area contributed by atoms with Crippen LogP contribution in [-0.4, -0.2) is 24.4 Å². The fourth-order valence-electron chi connectivity index (χ4n) is 5.24. The van der Waals surface area contributed by atoms with Gasteiger partial charge in [0.15, 0.2) is 11.5 Å². The second-order valence-electron chi connectivity index (χ2n) is 7.97. The summed E-state index contributed by atoms with van der Waals surface area (Å²) in [7, 11) is 2.68. The Morgan fingerprint density at radius 1 is 1.25 bits per heavy atom. The average molecular weight is 335 g/mol. The SMILES string of the molecule is CO.COc1c(C(C)C)cc2c(c1O)C1(C)CCCC(C)C1CC2. The number of aromatic hydroxyl groups is 1. The Bertz CT molecular complexity index is 579. The third-order valence-corrected chi connectivity index (χ3v) is 6.35. The van der Waals surface area contributed by atoms with E-state index in [0.29, 0.717) is 23.3 Å². The summed E-state index contributed by atoms with van der Waals surface area (Å²) in [5, 5.41) is 18.0. The molecule has 2 aliphatic carbocycles. The smallest absolute Gasteiger partial charge is 0.164 e. The molecule has 0 heterocycles. The van der Waals surface area contributed by atoms with Gasteiger partial charge in [-0.15, -0.1) is 0 Å². The van der Waals surface area contributed by atoms with Crippen molar-refractivity contribution in [1.29, 1.82) is 0 Å². The molecule has 24 heavy (non-hydrogen) atoms. The van der Waals surface area contributed by atoms with E-state index in [1.54, 1.807) is 7.11 Å². The number of methoxy groups -OCH3 is 1. The van der Waals surface area contributed by atoms with Crippen LogP contribution in [0.15, 0.2) is 6.07 Å². The molecule has 1 fully saturated rings. The molecule has 0 saturated heterocycles. The molecule has 3 unspecified atom stereocenters. The molecule has 3 atom stereocenters. The number of hydrogen-bond acceptors (Lipinski definition) is 3. The maximum absolute atomic E-state index is 11.0. The van der Waals surface area contributed by atoms with Crippen LogP contribution in [0, 0.1) is 11.8 Å². The lowest BCUT2D eigenvalue weighted by molar-refractivity contribution is 0.114. The van der Waals surface area contributed by atoms with Crippen LogP contribution in [0.1, 0.15) is 76.0 Å². The minimum Gasteiger partial charge on any atom is -0.504 e. The Morgan fingerprint density at radius 2 is 1.92 bits per heavy atom. The van der Waals surface area contributed by atoms with Gasteiger partial charge in [-0.1, -0.05) is 46.6 Å². The van der Waals surface area contributed by atoms with Crippen LogP contribution < -0.4 is 4.74 Å². The van der Waals surface area contributed by atoms with Gasteiger partial charge in [-0.3, -0.25) is 0 Å². The summed E-state index contributed by atoms with van der Waals surface area (Å²) >= 11 is 0. The van der Waals surface area contributed by atoms with Crippen molar-refractivity contribution in [1.82, 2.24) is 0 Å². The van der Waals surface area contributed by atoms with Crippen molar-refractivity contribution in [3.05, 3.63) is 22.8 Å². The molecule has 3 nitrogen and oxygen atoms in total. The lowest BCUT2D eigenvalue weighted by Gasteiger charge is -2.50. The predicted molar refractivity (Wildman–Crippen MR) is 99.1 cm³/mol. The van der Waals surface area contributed by atoms with Gasteiger partial charge >= 0.3 is 0 Å². The summed E-state index contributed by atoms with van der Waals surface area (Å²) in [4.78, 5) is 0. The molecule has 2 aliphatic rings. The van der Waals surface area contributed by atoms with E-state index in [1.165, 1.54) is 36.8 Å². The number of fused-ring (bicyclic) bond motifs is 3. The molecular weight excluding hydrogens is 300 g/mol. The van der Waals surface area contributed by atoms with Crippen LogP contribution in [0.25, 0.3) is 0 Å². The Hall–Kier alpha value is -1.22. The first-order chi connectivity index (χ1) is 11.4. The number of aliphatic hydroxyl groups is 1. The van der Waals surface area contributed by atoms with Crippen LogP contribution in [0.2, 0.25) is 0 Å². The number of aliphatic hydroxyl groups excluding tert-OH is 1. The summed E-state index contributed by atoms with van der Waals surface area (Å²) < 4.78 is 5.61. The van der Waals surface area contributed by atoms with Gasteiger partial charge < -0.3 is 14.9 Å². The van der Waals surface area contributed by atoms with Crippen molar-refractivity contribution in [2.75, 3.05) is 14.2 Å². The molecule has 1 aromatic rings. The minimum absolute atomic E-state index is 0.109. The average Bonchev–Trinajstić information content (AvgIpc) is 2.55. The van der Waals surface area contributed by atoms with Crippen molar-refractivity contribution < 1.29 is 14.9 Å². The summed E-state index contributed by atoms with van der Waals surface area (Å²) in [6.45, 7) is 9.10. The number of phenolic OH excluding ortho intramolecular Hbond substituents is 1. The molecule has 0 bridgehead atoms. The van der Waals surface area contributed by atoms with Crippen LogP contribution >= 0.6 is 0 Å². The molecule has 0 amide bonds. The molecule has 0 aliphatic heterocycles. The quantitative estimate of drug-likeness (QED) is 0.819. The first-order valence-electron chi connectivity index (χ1n) is 9.28. The molecule has 0 radical (unpaired) electrons. The summed E-state index contributed by atoms with van der Waals surface area (Å²) in [6.07, 6.45) is 6.14. The molecule has 0 aromatic heterocycles. The van der Waals surface area contributed by atoms with Crippen molar-refractivity contribution >= 4 is 0 Å². The normalized spacial score (nSPS) is 28.5. The molecule has 3 rings (SSSR count). The number of phenols is 1. The van der Waals surface area contributed by atoms with Crippen LogP contribution in [0.4, 0.5) is 0 Å². The van der Waals surface area contributed by atoms with Crippen molar-refractivity contribution in [2.45, 2.75) is 71.1 Å². The van der Waals surface area contributed by atoms with E-state index in [1.807, 2.05) is 0 Å². The number of aryl methyl sites for hydroxylation is 1. The van der Waals surface area contributed by atoms with E-state index in [2.05, 4.69) is 33.8 Å². The number of rotatable bonds is 2. The standard InChI is InChI=1S/C20H30O2.CH4O/c1-12(2)15-11-14-8-9-16-13(3)7-6-10-20(16,4)17(14)18(21)19(15)22-5;1-2/h11-13,16,21H,6-10H2,1-5H3;2H,1H3. The van der Waals surface area contributed by atoms with Crippen LogP contribution in [-0.2, 0) is 11.8 Å². The zero-order chi connectivity index (χ0) is 18.1. The fourth-order valence-corrected chi connectivity index (χ4v) is 5.24. The highest BCUT2D eigenvalue weighted by Gasteiger charge is 2.47. The summed E-state index contributed by atoms with van der Waals surface area (Å²) in [6, 6.07) is 2.30. The van der Waals surface area contributed by atoms with Gasteiger partial charge in [0, 0.05) is 18.2 Å². The minimum atomic E-state index is 0.109. The van der Waals surface area contributed by atoms with E-state index >= 15 is 0 Å². The second kappa shape index (κ2) is 7.35. The third kappa shape index (κ3) is 2.92. The van der Waals surface area contributed by atoms with E-state index in [0.717, 1.165) is 25.0 Å². The van der Waals surface area contributed by atoms with Gasteiger partial charge in [-0.25, -0.2) is 0 Å². The molecule has 0 spiro atoms. The summed E-state index contributed by atoms with van der Waals surface area (Å²) in [5.41, 5.74) is 3.80. The lowest BCUT2D eigenvalue weighted by Crippen LogP contribution is -2.43. The topological polar surface area (TPSA) is 49.7 Å². The third-order valence-electron chi connectivity index (χ3n) is 6.35. The Morgan fingerprint density at radius 3 is 2.50 bits per heavy atom. The van der Waals surface area contributed by atoms with Gasteiger partial charge in [0.2, 0.25) is 0 Å². The predicted octanol–water partition coefficient (Wildman–Crippen LogP) is 4.77. The van der Waals surface area contributed by atoms with Crippen LogP contribution in [0.5, 0.6) is 11.5 Å². The van der Waals surface area contributed by atoms with Gasteiger partial charge in [-0.05, 0) is 48.0 Å². The highest BCUT2D eigenvalue weighted by Crippen LogP contribution is 2.57. The van der Waals surface area contributed by atoms with E-state index < -0.39 is 0 Å². The maximum atomic E-state index is 11.0. The number of benzene rings is 1. The monoisotopic (exact) mass is 334 g/mol. The van der Waals surface area contributed by atoms with Crippen molar-refractivity contribution in [3.63, 3.8) is 0 Å². The first-order valence-corrected chi connectivity index (χ1v) is 9.28. The van der Waals surface area contributed by atoms with Crippen molar-refractivity contribution in [2.24, 2.45) is 11.8 Å². The maximum Gasteiger partial charge on any atom is 0.164 e. The molecule has 1 aromatic carbocycles. The molecule has 136 valence electrons. The molecule has 1 saturated carbocycles. The summed E-state index contributed by atoms with van der Waals surface area (Å²) in [5.74, 6) is 2.93. The van der Waals surface area contributed by atoms with Crippen molar-refractivity contribution in [3.8, 4) is 11.5 Å². The van der Waals surface area contributed by atoms with Crippen LogP contribution in [0.3, 0.4) is 0 Å². The largest absolute Gasteiger partial charge is 0.504 e. The lowest BCUT2D eigenvalue weighted by atomic mass is 9.55. The van der Waals surface area contributed by atoms with Gasteiger partial charge in [-0.2, -0.15) is 0 Å². The molecule has 3 heteroatoms. The van der Waals surface area contributed by atoms with E-state index in [9.17, 15) is 5.11 Å². The zero-order valence-corrected chi connectivity index (χ0v) is 16.1. The number of ether oxygens (including phenoxy) is 1. The second-order valence-corrected chi connectivity index (χ2v) is 7.97. The van der Waals surface area contributed by atoms with E-state index in [4.69, 9.17) is 9.84 Å². The van der Waals surface area contributed by atoms with Gasteiger partial charge in [0.1, 0.15) is 0 Å². The zero-order valence-electron chi connectivity index (χ0n) is 16.1. The highest BCUT2D eigenvalue weighted by molar-refractivity contribution is 5.59.